The molecule has 1 saturated heterocycles. The fraction of sp³-hybridized carbons (Fsp3) is 0.346. The van der Waals surface area contributed by atoms with Crippen LogP contribution in [0.5, 0.6) is 0 Å². The van der Waals surface area contributed by atoms with E-state index in [0.717, 1.165) is 21.5 Å². The lowest BCUT2D eigenvalue weighted by Crippen LogP contribution is -2.46. The van der Waals surface area contributed by atoms with Crippen LogP contribution in [0.2, 0.25) is 0 Å². The zero-order valence-corrected chi connectivity index (χ0v) is 22.7. The summed E-state index contributed by atoms with van der Waals surface area (Å²) in [5.74, 6) is -0.261. The molecular weight excluding hydrogens is 513 g/mol. The normalized spacial score (nSPS) is 17.0. The smallest absolute Gasteiger partial charge is 0.252 e. The predicted octanol–water partition coefficient (Wildman–Crippen LogP) is 5.51. The lowest BCUT2D eigenvalue weighted by atomic mass is 9.98. The van der Waals surface area contributed by atoms with Crippen molar-refractivity contribution >= 4 is 54.0 Å². The van der Waals surface area contributed by atoms with Gasteiger partial charge in [0.2, 0.25) is 5.91 Å². The van der Waals surface area contributed by atoms with Crippen LogP contribution in [0.25, 0.3) is 10.2 Å². The van der Waals surface area contributed by atoms with Crippen LogP contribution in [0.3, 0.4) is 0 Å². The second-order valence-corrected chi connectivity index (χ2v) is 13.3. The van der Waals surface area contributed by atoms with Crippen LogP contribution in [-0.2, 0) is 21.4 Å². The first-order valence-electron chi connectivity index (χ1n) is 12.0. The SMILES string of the molecule is CC(C)c1cccc2sc(N(Cc3ccccn3)C(=O)C3CCCN(S(=O)(=O)c4cccs4)C3)nc12. The first kappa shape index (κ1) is 25.0. The number of anilines is 1. The van der Waals surface area contributed by atoms with Crippen molar-refractivity contribution in [1.29, 1.82) is 0 Å². The van der Waals surface area contributed by atoms with Gasteiger partial charge >= 0.3 is 0 Å². The number of amides is 1. The Bertz CT molecular complexity index is 1450. The first-order chi connectivity index (χ1) is 17.3. The third-order valence-corrected chi connectivity index (χ3v) is 10.7. The molecule has 36 heavy (non-hydrogen) atoms. The summed E-state index contributed by atoms with van der Waals surface area (Å²) in [6.07, 6.45) is 2.98. The Labute approximate surface area is 219 Å². The standard InChI is InChI=1S/C26H28N4O3S3/c1-18(2)21-10-5-11-22-24(21)28-26(35-22)30(17-20-9-3-4-13-27-20)25(31)19-8-6-14-29(16-19)36(32,33)23-12-7-15-34-23/h3-5,7,9-13,15,18-19H,6,8,14,16-17H2,1-2H3. The van der Waals surface area contributed by atoms with E-state index in [1.807, 2.05) is 30.3 Å². The molecule has 1 atom stereocenters. The average molecular weight is 541 g/mol. The summed E-state index contributed by atoms with van der Waals surface area (Å²) >= 11 is 2.69. The van der Waals surface area contributed by atoms with Gasteiger partial charge in [0, 0.05) is 19.3 Å². The Morgan fingerprint density at radius 3 is 2.75 bits per heavy atom. The minimum atomic E-state index is -3.61. The van der Waals surface area contributed by atoms with Crippen LogP contribution in [0.15, 0.2) is 64.3 Å². The number of nitrogens with zero attached hydrogens (tertiary/aromatic N) is 4. The first-order valence-corrected chi connectivity index (χ1v) is 15.1. The van der Waals surface area contributed by atoms with E-state index < -0.39 is 15.9 Å². The maximum atomic E-state index is 14.0. The quantitative estimate of drug-likeness (QED) is 0.309. The van der Waals surface area contributed by atoms with Gasteiger partial charge in [-0.15, -0.1) is 11.3 Å². The molecule has 1 unspecified atom stereocenters. The van der Waals surface area contributed by atoms with Crippen LogP contribution >= 0.6 is 22.7 Å². The number of fused-ring (bicyclic) bond motifs is 1. The minimum Gasteiger partial charge on any atom is -0.282 e. The van der Waals surface area contributed by atoms with Gasteiger partial charge in [0.15, 0.2) is 5.13 Å². The molecule has 7 nitrogen and oxygen atoms in total. The molecule has 0 saturated carbocycles. The number of pyridine rings is 1. The fourth-order valence-corrected chi connectivity index (χ4v) is 8.23. The highest BCUT2D eigenvalue weighted by Gasteiger charge is 2.36. The van der Waals surface area contributed by atoms with Gasteiger partial charge in [-0.25, -0.2) is 13.4 Å². The molecule has 10 heteroatoms. The van der Waals surface area contributed by atoms with Gasteiger partial charge in [-0.1, -0.05) is 49.4 Å². The number of hydrogen-bond acceptors (Lipinski definition) is 7. The summed E-state index contributed by atoms with van der Waals surface area (Å²) in [6.45, 7) is 5.14. The van der Waals surface area contributed by atoms with Gasteiger partial charge in [-0.3, -0.25) is 14.7 Å². The van der Waals surface area contributed by atoms with E-state index in [0.29, 0.717) is 34.6 Å². The maximum absolute atomic E-state index is 14.0. The molecule has 1 aliphatic heterocycles. The van der Waals surface area contributed by atoms with Crippen molar-refractivity contribution in [3.8, 4) is 0 Å². The molecule has 188 valence electrons. The summed E-state index contributed by atoms with van der Waals surface area (Å²) in [4.78, 5) is 25.1. The summed E-state index contributed by atoms with van der Waals surface area (Å²) in [7, 11) is -3.61. The van der Waals surface area contributed by atoms with E-state index in [-0.39, 0.29) is 19.0 Å². The van der Waals surface area contributed by atoms with Crippen molar-refractivity contribution in [2.24, 2.45) is 5.92 Å². The van der Waals surface area contributed by atoms with E-state index in [1.165, 1.54) is 27.0 Å². The molecule has 4 aromatic rings. The van der Waals surface area contributed by atoms with Crippen LogP contribution in [0, 0.1) is 5.92 Å². The summed E-state index contributed by atoms with van der Waals surface area (Å²) in [5, 5.41) is 2.37. The molecular formula is C26H28N4O3S3. The van der Waals surface area contributed by atoms with Crippen molar-refractivity contribution in [1.82, 2.24) is 14.3 Å². The van der Waals surface area contributed by atoms with Crippen LogP contribution < -0.4 is 4.90 Å². The van der Waals surface area contributed by atoms with E-state index in [1.54, 1.807) is 28.6 Å². The minimum absolute atomic E-state index is 0.114. The van der Waals surface area contributed by atoms with E-state index in [4.69, 9.17) is 4.98 Å². The van der Waals surface area contributed by atoms with Gasteiger partial charge in [-0.2, -0.15) is 4.31 Å². The summed E-state index contributed by atoms with van der Waals surface area (Å²) in [6, 6.07) is 15.1. The number of para-hydroxylation sites is 1. The Morgan fingerprint density at radius 2 is 2.03 bits per heavy atom. The molecule has 0 N–H and O–H groups in total. The number of carbonyl (C=O) groups is 1. The number of rotatable bonds is 7. The largest absolute Gasteiger partial charge is 0.282 e. The van der Waals surface area contributed by atoms with Crippen molar-refractivity contribution in [3.05, 3.63) is 71.4 Å². The third-order valence-electron chi connectivity index (χ3n) is 6.43. The van der Waals surface area contributed by atoms with Gasteiger partial charge in [0.1, 0.15) is 4.21 Å². The highest BCUT2D eigenvalue weighted by atomic mass is 32.2. The molecule has 0 spiro atoms. The van der Waals surface area contributed by atoms with E-state index in [9.17, 15) is 13.2 Å². The Balaban J connectivity index is 1.48. The predicted molar refractivity (Wildman–Crippen MR) is 145 cm³/mol. The van der Waals surface area contributed by atoms with Gasteiger partial charge in [0.05, 0.1) is 28.4 Å². The van der Waals surface area contributed by atoms with Gasteiger partial charge < -0.3 is 0 Å². The maximum Gasteiger partial charge on any atom is 0.252 e. The molecule has 1 aromatic carbocycles. The number of thiazole rings is 1. The number of hydrogen-bond donors (Lipinski definition) is 0. The second-order valence-electron chi connectivity index (χ2n) is 9.22. The highest BCUT2D eigenvalue weighted by Crippen LogP contribution is 2.36. The van der Waals surface area contributed by atoms with Crippen molar-refractivity contribution in [2.75, 3.05) is 18.0 Å². The monoisotopic (exact) mass is 540 g/mol. The van der Waals surface area contributed by atoms with Crippen molar-refractivity contribution in [3.63, 3.8) is 0 Å². The highest BCUT2D eigenvalue weighted by molar-refractivity contribution is 7.91. The van der Waals surface area contributed by atoms with Crippen molar-refractivity contribution in [2.45, 2.75) is 43.4 Å². The molecule has 0 aliphatic carbocycles. The molecule has 5 rings (SSSR count). The lowest BCUT2D eigenvalue weighted by molar-refractivity contribution is -0.123. The number of benzene rings is 1. The van der Waals surface area contributed by atoms with Crippen LogP contribution in [0.4, 0.5) is 5.13 Å². The summed E-state index contributed by atoms with van der Waals surface area (Å²) < 4.78 is 29.1. The Hall–Kier alpha value is -2.66. The third kappa shape index (κ3) is 4.95. The molecule has 1 fully saturated rings. The topological polar surface area (TPSA) is 83.5 Å². The van der Waals surface area contributed by atoms with Crippen molar-refractivity contribution < 1.29 is 13.2 Å². The number of piperidine rings is 1. The molecule has 3 aromatic heterocycles. The number of carbonyl (C=O) groups excluding carboxylic acids is 1. The Kier molecular flexibility index (Phi) is 7.21. The molecule has 0 bridgehead atoms. The lowest BCUT2D eigenvalue weighted by Gasteiger charge is -2.33. The zero-order valence-electron chi connectivity index (χ0n) is 20.2. The molecule has 1 amide bonds. The molecule has 0 radical (unpaired) electrons. The molecule has 1 aliphatic rings. The van der Waals surface area contributed by atoms with Crippen LogP contribution in [0.1, 0.15) is 43.9 Å². The number of aromatic nitrogens is 2. The zero-order chi connectivity index (χ0) is 25.3. The number of sulfonamides is 1. The van der Waals surface area contributed by atoms with E-state index in [2.05, 4.69) is 24.9 Å². The summed E-state index contributed by atoms with van der Waals surface area (Å²) in [5.41, 5.74) is 2.82. The molecule has 4 heterocycles. The van der Waals surface area contributed by atoms with Crippen LogP contribution in [-0.4, -0.2) is 41.7 Å². The Morgan fingerprint density at radius 1 is 1.17 bits per heavy atom. The fourth-order valence-electron chi connectivity index (χ4n) is 4.55. The van der Waals surface area contributed by atoms with Gasteiger partial charge in [0.25, 0.3) is 10.0 Å². The second kappa shape index (κ2) is 10.4. The average Bonchev–Trinajstić information content (AvgIpc) is 3.58. The van der Waals surface area contributed by atoms with Gasteiger partial charge in [-0.05, 0) is 54.0 Å². The number of thiophene rings is 1. The van der Waals surface area contributed by atoms with E-state index >= 15 is 0 Å².